The third kappa shape index (κ3) is 3.57. The predicted octanol–water partition coefficient (Wildman–Crippen LogP) is 4.57. The largest absolute Gasteiger partial charge is 0.495 e. The van der Waals surface area contributed by atoms with Gasteiger partial charge >= 0.3 is 0 Å². The summed E-state index contributed by atoms with van der Waals surface area (Å²) in [4.78, 5) is 14.2. The van der Waals surface area contributed by atoms with Gasteiger partial charge in [0.1, 0.15) is 15.8 Å². The minimum atomic E-state index is -0.337. The van der Waals surface area contributed by atoms with Crippen LogP contribution in [0.4, 0.5) is 0 Å². The summed E-state index contributed by atoms with van der Waals surface area (Å²) < 4.78 is 11.2. The average molecular weight is 402 g/mol. The maximum atomic E-state index is 12.7. The van der Waals surface area contributed by atoms with Gasteiger partial charge in [0.25, 0.3) is 0 Å². The Bertz CT molecular complexity index is 780. The number of ether oxygens (including phenoxy) is 1. The highest BCUT2D eigenvalue weighted by Gasteiger charge is 2.37. The molecule has 24 heavy (non-hydrogen) atoms. The summed E-state index contributed by atoms with van der Waals surface area (Å²) in [5.74, 6) is 1.17. The van der Waals surface area contributed by atoms with Crippen molar-refractivity contribution in [1.82, 2.24) is 4.90 Å². The van der Waals surface area contributed by atoms with Crippen LogP contribution in [-0.4, -0.2) is 27.5 Å². The quantitative estimate of drug-likeness (QED) is 0.686. The van der Waals surface area contributed by atoms with Crippen LogP contribution in [0.5, 0.6) is 5.75 Å². The first-order chi connectivity index (χ1) is 11.5. The van der Waals surface area contributed by atoms with Crippen molar-refractivity contribution in [2.75, 3.05) is 7.11 Å². The Kier molecular flexibility index (Phi) is 5.39. The smallest absolute Gasteiger partial charge is 0.242 e. The maximum absolute atomic E-state index is 12.7. The molecule has 1 saturated heterocycles. The average Bonchev–Trinajstić information content (AvgIpc) is 3.11. The molecule has 1 atom stereocenters. The summed E-state index contributed by atoms with van der Waals surface area (Å²) in [6.45, 7) is 0.335. The van der Waals surface area contributed by atoms with Crippen molar-refractivity contribution in [2.24, 2.45) is 0 Å². The molecule has 0 spiro atoms. The molecule has 1 aromatic heterocycles. The Morgan fingerprint density at radius 3 is 2.88 bits per heavy atom. The predicted molar refractivity (Wildman–Crippen MR) is 100.0 cm³/mol. The van der Waals surface area contributed by atoms with Gasteiger partial charge in [0.15, 0.2) is 0 Å². The van der Waals surface area contributed by atoms with Crippen molar-refractivity contribution >= 4 is 57.4 Å². The molecule has 0 saturated carbocycles. The van der Waals surface area contributed by atoms with E-state index in [9.17, 15) is 4.79 Å². The van der Waals surface area contributed by atoms with Crippen molar-refractivity contribution in [3.05, 3.63) is 51.9 Å². The SMILES string of the molecule is COc1c(Cl)cc(Cl)cc1C[C@H]1SC(=S)N(Cc2ccco2)C1=O. The van der Waals surface area contributed by atoms with Crippen LogP contribution in [0, 0.1) is 0 Å². The second-order valence-electron chi connectivity index (χ2n) is 5.16. The van der Waals surface area contributed by atoms with Crippen LogP contribution in [0.25, 0.3) is 0 Å². The van der Waals surface area contributed by atoms with Crippen molar-refractivity contribution in [1.29, 1.82) is 0 Å². The number of amides is 1. The van der Waals surface area contributed by atoms with Gasteiger partial charge in [0.2, 0.25) is 5.91 Å². The molecule has 126 valence electrons. The lowest BCUT2D eigenvalue weighted by atomic mass is 10.1. The summed E-state index contributed by atoms with van der Waals surface area (Å²) >= 11 is 18.9. The fourth-order valence-corrected chi connectivity index (χ4v) is 4.65. The van der Waals surface area contributed by atoms with Crippen LogP contribution in [0.15, 0.2) is 34.9 Å². The van der Waals surface area contributed by atoms with Gasteiger partial charge < -0.3 is 9.15 Å². The number of methoxy groups -OCH3 is 1. The summed E-state index contributed by atoms with van der Waals surface area (Å²) in [7, 11) is 1.54. The Morgan fingerprint density at radius 2 is 2.21 bits per heavy atom. The highest BCUT2D eigenvalue weighted by atomic mass is 35.5. The summed E-state index contributed by atoms with van der Waals surface area (Å²) in [6.07, 6.45) is 2.00. The third-order valence-electron chi connectivity index (χ3n) is 3.59. The lowest BCUT2D eigenvalue weighted by molar-refractivity contribution is -0.126. The highest BCUT2D eigenvalue weighted by Crippen LogP contribution is 2.37. The standard InChI is InChI=1S/C16H13Cl2NO3S2/c1-21-14-9(5-10(17)7-12(14)18)6-13-15(20)19(16(23)24-13)8-11-3-2-4-22-11/h2-5,7,13H,6,8H2,1H3/t13-/m1/s1. The van der Waals surface area contributed by atoms with E-state index in [1.54, 1.807) is 29.4 Å². The topological polar surface area (TPSA) is 42.7 Å². The summed E-state index contributed by atoms with van der Waals surface area (Å²) in [5.41, 5.74) is 0.781. The van der Waals surface area contributed by atoms with E-state index in [-0.39, 0.29) is 11.2 Å². The van der Waals surface area contributed by atoms with E-state index < -0.39 is 0 Å². The van der Waals surface area contributed by atoms with E-state index in [0.717, 1.165) is 5.56 Å². The zero-order chi connectivity index (χ0) is 17.3. The Balaban J connectivity index is 1.79. The number of carbonyl (C=O) groups is 1. The molecule has 1 amide bonds. The molecule has 1 aromatic carbocycles. The first-order valence-electron chi connectivity index (χ1n) is 7.06. The molecule has 8 heteroatoms. The zero-order valence-corrected chi connectivity index (χ0v) is 15.8. The minimum Gasteiger partial charge on any atom is -0.495 e. The molecule has 0 aliphatic carbocycles. The molecule has 0 unspecified atom stereocenters. The van der Waals surface area contributed by atoms with Crippen LogP contribution in [0.1, 0.15) is 11.3 Å². The molecule has 1 aliphatic heterocycles. The third-order valence-corrected chi connectivity index (χ3v) is 5.68. The van der Waals surface area contributed by atoms with Crippen LogP contribution in [0.2, 0.25) is 10.0 Å². The number of thioether (sulfide) groups is 1. The van der Waals surface area contributed by atoms with Gasteiger partial charge in [-0.05, 0) is 36.2 Å². The normalized spacial score (nSPS) is 17.6. The van der Waals surface area contributed by atoms with Gasteiger partial charge in [-0.15, -0.1) is 0 Å². The van der Waals surface area contributed by atoms with Gasteiger partial charge in [-0.3, -0.25) is 9.69 Å². The molecule has 0 N–H and O–H groups in total. The first kappa shape index (κ1) is 17.6. The number of rotatable bonds is 5. The monoisotopic (exact) mass is 401 g/mol. The van der Waals surface area contributed by atoms with Crippen LogP contribution >= 0.6 is 47.2 Å². The van der Waals surface area contributed by atoms with E-state index in [4.69, 9.17) is 44.6 Å². The van der Waals surface area contributed by atoms with Gasteiger partial charge in [-0.25, -0.2) is 0 Å². The molecule has 1 fully saturated rings. The van der Waals surface area contributed by atoms with Crippen LogP contribution in [0.3, 0.4) is 0 Å². The molecule has 1 aliphatic rings. The lowest BCUT2D eigenvalue weighted by Crippen LogP contribution is -2.31. The molecule has 2 heterocycles. The number of carbonyl (C=O) groups excluding carboxylic acids is 1. The molecular weight excluding hydrogens is 389 g/mol. The number of benzene rings is 1. The van der Waals surface area contributed by atoms with Crippen molar-refractivity contribution < 1.29 is 13.9 Å². The molecule has 3 rings (SSSR count). The fourth-order valence-electron chi connectivity index (χ4n) is 2.52. The lowest BCUT2D eigenvalue weighted by Gasteiger charge is -2.15. The number of hydrogen-bond acceptors (Lipinski definition) is 5. The Morgan fingerprint density at radius 1 is 1.42 bits per heavy atom. The number of nitrogens with zero attached hydrogens (tertiary/aromatic N) is 1. The maximum Gasteiger partial charge on any atom is 0.242 e. The minimum absolute atomic E-state index is 0.0560. The number of hydrogen-bond donors (Lipinski definition) is 0. The second kappa shape index (κ2) is 7.35. The first-order valence-corrected chi connectivity index (χ1v) is 9.10. The van der Waals surface area contributed by atoms with E-state index in [2.05, 4.69) is 0 Å². The molecule has 0 radical (unpaired) electrons. The number of thiocarbonyl (C=S) groups is 1. The second-order valence-corrected chi connectivity index (χ2v) is 7.84. The summed E-state index contributed by atoms with van der Waals surface area (Å²) in [5, 5.41) is 0.586. The Labute approximate surface area is 159 Å². The van der Waals surface area contributed by atoms with Gasteiger partial charge in [0.05, 0.1) is 30.2 Å². The zero-order valence-electron chi connectivity index (χ0n) is 12.6. The van der Waals surface area contributed by atoms with E-state index in [1.807, 2.05) is 6.07 Å². The molecule has 4 nitrogen and oxygen atoms in total. The van der Waals surface area contributed by atoms with E-state index >= 15 is 0 Å². The molecular formula is C16H13Cl2NO3S2. The fraction of sp³-hybridized carbons (Fsp3) is 0.250. The van der Waals surface area contributed by atoms with Crippen molar-refractivity contribution in [3.8, 4) is 5.75 Å². The molecule has 0 bridgehead atoms. The van der Waals surface area contributed by atoms with Gasteiger partial charge in [-0.2, -0.15) is 0 Å². The van der Waals surface area contributed by atoms with E-state index in [1.165, 1.54) is 18.9 Å². The summed E-state index contributed by atoms with van der Waals surface area (Å²) in [6, 6.07) is 6.97. The van der Waals surface area contributed by atoms with E-state index in [0.29, 0.717) is 38.8 Å². The Hall–Kier alpha value is -1.21. The van der Waals surface area contributed by atoms with Gasteiger partial charge in [-0.1, -0.05) is 47.2 Å². The number of furan rings is 1. The molecule has 2 aromatic rings. The van der Waals surface area contributed by atoms with Crippen molar-refractivity contribution in [2.45, 2.75) is 18.2 Å². The number of halogens is 2. The van der Waals surface area contributed by atoms with Crippen LogP contribution < -0.4 is 4.74 Å². The van der Waals surface area contributed by atoms with Crippen molar-refractivity contribution in [3.63, 3.8) is 0 Å². The van der Waals surface area contributed by atoms with Gasteiger partial charge in [0, 0.05) is 5.02 Å². The van der Waals surface area contributed by atoms with Crippen LogP contribution in [-0.2, 0) is 17.8 Å². The highest BCUT2D eigenvalue weighted by molar-refractivity contribution is 8.24.